The molecule has 6 nitrogen and oxygen atoms in total. The molecule has 32 heavy (non-hydrogen) atoms. The van der Waals surface area contributed by atoms with Crippen LogP contribution in [0.15, 0.2) is 48.8 Å². The molecule has 0 saturated carbocycles. The van der Waals surface area contributed by atoms with Crippen molar-refractivity contribution in [3.05, 3.63) is 64.8 Å². The predicted molar refractivity (Wildman–Crippen MR) is 129 cm³/mol. The van der Waals surface area contributed by atoms with E-state index >= 15 is 0 Å². The van der Waals surface area contributed by atoms with Gasteiger partial charge in [0.1, 0.15) is 9.71 Å². The zero-order chi connectivity index (χ0) is 22.2. The predicted octanol–water partition coefficient (Wildman–Crippen LogP) is 4.50. The second-order valence-corrected chi connectivity index (χ2v) is 9.71. The Bertz CT molecular complexity index is 1280. The van der Waals surface area contributed by atoms with Gasteiger partial charge in [0.05, 0.1) is 12.7 Å². The Morgan fingerprint density at radius 2 is 2.06 bits per heavy atom. The molecule has 0 bridgehead atoms. The first kappa shape index (κ1) is 21.1. The minimum atomic E-state index is -0.162. The van der Waals surface area contributed by atoms with Crippen molar-refractivity contribution in [2.45, 2.75) is 32.5 Å². The Kier molecular flexibility index (Phi) is 5.71. The first-order valence-electron chi connectivity index (χ1n) is 11.1. The fraction of sp³-hybridized carbons (Fsp3) is 0.360. The van der Waals surface area contributed by atoms with Gasteiger partial charge in [-0.2, -0.15) is 0 Å². The van der Waals surface area contributed by atoms with E-state index in [0.29, 0.717) is 11.5 Å². The summed E-state index contributed by atoms with van der Waals surface area (Å²) in [7, 11) is 2.10. The van der Waals surface area contributed by atoms with Crippen LogP contribution in [0.4, 0.5) is 0 Å². The van der Waals surface area contributed by atoms with Crippen LogP contribution in [0.3, 0.4) is 0 Å². The molecule has 1 saturated heterocycles. The topological polar surface area (TPSA) is 59.4 Å². The molecule has 3 aromatic heterocycles. The van der Waals surface area contributed by atoms with Gasteiger partial charge in [-0.1, -0.05) is 24.3 Å². The fourth-order valence-electron chi connectivity index (χ4n) is 4.58. The van der Waals surface area contributed by atoms with Gasteiger partial charge in [-0.3, -0.25) is 9.69 Å². The SMILES string of the molecule is CC(C)NC(=O)c1sc2ncccc2c1[C@@H]1CN(Cc2cn(C)c3ccccc23)CCO1. The van der Waals surface area contributed by atoms with E-state index in [4.69, 9.17) is 4.74 Å². The second kappa shape index (κ2) is 8.65. The van der Waals surface area contributed by atoms with Crippen LogP contribution in [0.1, 0.15) is 40.8 Å². The number of hydrogen-bond acceptors (Lipinski definition) is 5. The Morgan fingerprint density at radius 3 is 2.91 bits per heavy atom. The Balaban J connectivity index is 1.46. The standard InChI is InChI=1S/C25H28N4O2S/c1-16(2)27-24(30)23-22(19-8-6-10-26-25(19)32-23)21-15-29(11-12-31-21)14-17-13-28(3)20-9-5-4-7-18(17)20/h4-10,13,16,21H,11-12,14-15H2,1-3H3,(H,27,30)/t21-/m0/s1. The molecular weight excluding hydrogens is 420 g/mol. The second-order valence-electron chi connectivity index (χ2n) is 8.71. The molecular formula is C25H28N4O2S. The number of carbonyl (C=O) groups is 1. The molecule has 0 radical (unpaired) electrons. The molecule has 0 spiro atoms. The highest BCUT2D eigenvalue weighted by Gasteiger charge is 2.30. The maximum absolute atomic E-state index is 13.0. The van der Waals surface area contributed by atoms with Gasteiger partial charge in [-0.05, 0) is 31.5 Å². The van der Waals surface area contributed by atoms with E-state index in [1.165, 1.54) is 27.8 Å². The van der Waals surface area contributed by atoms with Gasteiger partial charge >= 0.3 is 0 Å². The van der Waals surface area contributed by atoms with Gasteiger partial charge in [0, 0.05) is 67.0 Å². The summed E-state index contributed by atoms with van der Waals surface area (Å²) in [6.07, 6.45) is 3.84. The molecule has 166 valence electrons. The minimum Gasteiger partial charge on any atom is -0.371 e. The number of nitrogens with zero attached hydrogens (tertiary/aromatic N) is 3. The van der Waals surface area contributed by atoms with E-state index in [-0.39, 0.29) is 18.1 Å². The lowest BCUT2D eigenvalue weighted by atomic mass is 10.0. The van der Waals surface area contributed by atoms with Crippen molar-refractivity contribution in [3.8, 4) is 0 Å². The number of morpholine rings is 1. The Hall–Kier alpha value is -2.74. The zero-order valence-corrected chi connectivity index (χ0v) is 19.5. The number of benzene rings is 1. The molecule has 1 aromatic carbocycles. The molecule has 4 heterocycles. The van der Waals surface area contributed by atoms with E-state index in [2.05, 4.69) is 57.3 Å². The van der Waals surface area contributed by atoms with Crippen molar-refractivity contribution >= 4 is 38.4 Å². The van der Waals surface area contributed by atoms with Crippen LogP contribution in [-0.4, -0.2) is 46.1 Å². The Labute approximate surface area is 191 Å². The fourth-order valence-corrected chi connectivity index (χ4v) is 5.68. The van der Waals surface area contributed by atoms with Gasteiger partial charge in [0.25, 0.3) is 5.91 Å². The Morgan fingerprint density at radius 1 is 1.25 bits per heavy atom. The molecule has 4 aromatic rings. The van der Waals surface area contributed by atoms with Gasteiger partial charge in [-0.25, -0.2) is 4.98 Å². The van der Waals surface area contributed by atoms with Crippen LogP contribution in [0, 0.1) is 0 Å². The van der Waals surface area contributed by atoms with Crippen LogP contribution < -0.4 is 5.32 Å². The summed E-state index contributed by atoms with van der Waals surface area (Å²) < 4.78 is 8.43. The number of fused-ring (bicyclic) bond motifs is 2. The van der Waals surface area contributed by atoms with Crippen molar-refractivity contribution in [2.24, 2.45) is 7.05 Å². The summed E-state index contributed by atoms with van der Waals surface area (Å²) in [5.41, 5.74) is 3.53. The molecule has 1 atom stereocenters. The van der Waals surface area contributed by atoms with Crippen LogP contribution in [-0.2, 0) is 18.3 Å². The van der Waals surface area contributed by atoms with E-state index in [1.807, 2.05) is 26.0 Å². The van der Waals surface area contributed by atoms with Crippen LogP contribution >= 0.6 is 11.3 Å². The molecule has 0 aliphatic carbocycles. The maximum atomic E-state index is 13.0. The molecule has 1 aliphatic rings. The lowest BCUT2D eigenvalue weighted by molar-refractivity contribution is -0.0322. The number of nitrogens with one attached hydrogen (secondary N) is 1. The number of ether oxygens (including phenoxy) is 1. The molecule has 1 amide bonds. The number of carbonyl (C=O) groups excluding carboxylic acids is 1. The smallest absolute Gasteiger partial charge is 0.262 e. The lowest BCUT2D eigenvalue weighted by Gasteiger charge is -2.33. The van der Waals surface area contributed by atoms with E-state index < -0.39 is 0 Å². The van der Waals surface area contributed by atoms with Crippen LogP contribution in [0.2, 0.25) is 0 Å². The number of thiophene rings is 1. The summed E-state index contributed by atoms with van der Waals surface area (Å²) in [4.78, 5) is 21.5. The number of para-hydroxylation sites is 1. The maximum Gasteiger partial charge on any atom is 0.262 e. The number of rotatable bonds is 5. The van der Waals surface area contributed by atoms with Gasteiger partial charge < -0.3 is 14.6 Å². The number of aromatic nitrogens is 2. The number of pyridine rings is 1. The van der Waals surface area contributed by atoms with Gasteiger partial charge in [0.2, 0.25) is 0 Å². The molecule has 1 aliphatic heterocycles. The highest BCUT2D eigenvalue weighted by Crippen LogP contribution is 2.37. The zero-order valence-electron chi connectivity index (χ0n) is 18.7. The quantitative estimate of drug-likeness (QED) is 0.488. The lowest BCUT2D eigenvalue weighted by Crippen LogP contribution is -2.38. The summed E-state index contributed by atoms with van der Waals surface area (Å²) in [5, 5.41) is 5.35. The first-order chi connectivity index (χ1) is 15.5. The number of hydrogen-bond donors (Lipinski definition) is 1. The summed E-state index contributed by atoms with van der Waals surface area (Å²) in [6, 6.07) is 12.6. The molecule has 5 rings (SSSR count). The molecule has 0 unspecified atom stereocenters. The third kappa shape index (κ3) is 3.92. The molecule has 1 fully saturated rings. The minimum absolute atomic E-state index is 0.0484. The van der Waals surface area contributed by atoms with E-state index in [1.54, 1.807) is 6.20 Å². The summed E-state index contributed by atoms with van der Waals surface area (Å²) in [6.45, 7) is 7.06. The van der Waals surface area contributed by atoms with Gasteiger partial charge in [0.15, 0.2) is 0 Å². The molecule has 7 heteroatoms. The van der Waals surface area contributed by atoms with Gasteiger partial charge in [-0.15, -0.1) is 11.3 Å². The van der Waals surface area contributed by atoms with Crippen LogP contribution in [0.5, 0.6) is 0 Å². The highest BCUT2D eigenvalue weighted by atomic mass is 32.1. The van der Waals surface area contributed by atoms with Crippen molar-refractivity contribution in [3.63, 3.8) is 0 Å². The highest BCUT2D eigenvalue weighted by molar-refractivity contribution is 7.20. The normalized spacial score (nSPS) is 17.4. The monoisotopic (exact) mass is 448 g/mol. The first-order valence-corrected chi connectivity index (χ1v) is 11.9. The van der Waals surface area contributed by atoms with Crippen molar-refractivity contribution < 1.29 is 9.53 Å². The molecule has 1 N–H and O–H groups in total. The average molecular weight is 449 g/mol. The van der Waals surface area contributed by atoms with Crippen molar-refractivity contribution in [1.82, 2.24) is 19.8 Å². The van der Waals surface area contributed by atoms with Crippen LogP contribution in [0.25, 0.3) is 21.1 Å². The third-order valence-corrected chi connectivity index (χ3v) is 7.10. The average Bonchev–Trinajstić information content (AvgIpc) is 3.32. The number of amides is 1. The third-order valence-electron chi connectivity index (χ3n) is 5.98. The van der Waals surface area contributed by atoms with Crippen molar-refractivity contribution in [2.75, 3.05) is 19.7 Å². The summed E-state index contributed by atoms with van der Waals surface area (Å²) in [5.74, 6) is -0.0484. The van der Waals surface area contributed by atoms with Crippen molar-refractivity contribution in [1.29, 1.82) is 0 Å². The number of aryl methyl sites for hydroxylation is 1. The van der Waals surface area contributed by atoms with E-state index in [0.717, 1.165) is 35.4 Å². The van der Waals surface area contributed by atoms with E-state index in [9.17, 15) is 4.79 Å². The largest absolute Gasteiger partial charge is 0.371 e. The summed E-state index contributed by atoms with van der Waals surface area (Å²) >= 11 is 1.45.